The SMILES string of the molecule is C=N/C=C(/CCCCC(C)C)C(CC)CCC(C)C. The van der Waals surface area contributed by atoms with E-state index in [1.165, 1.54) is 50.5 Å². The number of nitrogens with zero attached hydrogens (tertiary/aromatic N) is 1. The lowest BCUT2D eigenvalue weighted by Crippen LogP contribution is -2.05. The molecule has 0 amide bonds. The summed E-state index contributed by atoms with van der Waals surface area (Å²) in [4.78, 5) is 4.03. The maximum atomic E-state index is 4.03. The molecular weight excluding hydrogens is 230 g/mol. The van der Waals surface area contributed by atoms with Crippen LogP contribution in [0.1, 0.15) is 79.6 Å². The fourth-order valence-electron chi connectivity index (χ4n) is 2.56. The number of unbranched alkanes of at least 4 members (excludes halogenated alkanes) is 1. The van der Waals surface area contributed by atoms with Crippen molar-refractivity contribution in [2.45, 2.75) is 79.6 Å². The summed E-state index contributed by atoms with van der Waals surface area (Å²) in [5, 5.41) is 0. The topological polar surface area (TPSA) is 12.4 Å². The average molecular weight is 265 g/mol. The second kappa shape index (κ2) is 11.3. The van der Waals surface area contributed by atoms with Gasteiger partial charge in [0.05, 0.1) is 0 Å². The van der Waals surface area contributed by atoms with Crippen molar-refractivity contribution in [3.05, 3.63) is 11.8 Å². The summed E-state index contributed by atoms with van der Waals surface area (Å²) in [6.45, 7) is 15.2. The molecule has 19 heavy (non-hydrogen) atoms. The molecule has 0 aliphatic carbocycles. The van der Waals surface area contributed by atoms with Gasteiger partial charge in [-0.3, -0.25) is 4.99 Å². The maximum Gasteiger partial charge on any atom is 0.0255 e. The molecule has 0 heterocycles. The lowest BCUT2D eigenvalue weighted by Gasteiger charge is -2.20. The fourth-order valence-corrected chi connectivity index (χ4v) is 2.56. The molecular formula is C18H35N. The molecule has 0 aliphatic rings. The molecule has 0 radical (unpaired) electrons. The van der Waals surface area contributed by atoms with Crippen LogP contribution in [0.25, 0.3) is 0 Å². The molecule has 0 aromatic rings. The molecule has 1 heteroatoms. The molecule has 0 N–H and O–H groups in total. The zero-order valence-corrected chi connectivity index (χ0v) is 13.9. The normalized spacial score (nSPS) is 14.2. The highest BCUT2D eigenvalue weighted by Crippen LogP contribution is 2.27. The van der Waals surface area contributed by atoms with E-state index in [-0.39, 0.29) is 0 Å². The Hall–Kier alpha value is -0.590. The standard InChI is InChI=1S/C18H35N/c1-7-17(13-12-16(4)5)18(14-19-6)11-9-8-10-15(2)3/h14-17H,6-13H2,1-5H3/b18-14-. The van der Waals surface area contributed by atoms with Crippen molar-refractivity contribution in [2.75, 3.05) is 0 Å². The van der Waals surface area contributed by atoms with E-state index < -0.39 is 0 Å². The van der Waals surface area contributed by atoms with E-state index in [4.69, 9.17) is 0 Å². The van der Waals surface area contributed by atoms with Gasteiger partial charge in [0.15, 0.2) is 0 Å². The van der Waals surface area contributed by atoms with Crippen LogP contribution in [0.2, 0.25) is 0 Å². The summed E-state index contributed by atoms with van der Waals surface area (Å²) in [7, 11) is 0. The van der Waals surface area contributed by atoms with Crippen LogP contribution in [0.5, 0.6) is 0 Å². The second-order valence-corrected chi connectivity index (χ2v) is 6.60. The minimum atomic E-state index is 0.715. The number of aliphatic imine (C=N–C) groups is 1. The van der Waals surface area contributed by atoms with Crippen LogP contribution in [-0.2, 0) is 0 Å². The predicted octanol–water partition coefficient (Wildman–Crippen LogP) is 6.25. The molecule has 1 nitrogen and oxygen atoms in total. The van der Waals surface area contributed by atoms with Gasteiger partial charge in [-0.2, -0.15) is 0 Å². The highest BCUT2D eigenvalue weighted by Gasteiger charge is 2.13. The Morgan fingerprint density at radius 1 is 1.00 bits per heavy atom. The Bertz CT molecular complexity index is 250. The van der Waals surface area contributed by atoms with Crippen molar-refractivity contribution in [2.24, 2.45) is 22.7 Å². The Morgan fingerprint density at radius 2 is 1.63 bits per heavy atom. The largest absolute Gasteiger partial charge is 0.273 e. The third-order valence-electron chi connectivity index (χ3n) is 3.86. The Kier molecular flexibility index (Phi) is 10.9. The predicted molar refractivity (Wildman–Crippen MR) is 88.8 cm³/mol. The van der Waals surface area contributed by atoms with Gasteiger partial charge in [0.2, 0.25) is 0 Å². The van der Waals surface area contributed by atoms with Crippen LogP contribution >= 0.6 is 0 Å². The molecule has 0 spiro atoms. The van der Waals surface area contributed by atoms with E-state index in [9.17, 15) is 0 Å². The van der Waals surface area contributed by atoms with Crippen LogP contribution < -0.4 is 0 Å². The molecule has 0 saturated heterocycles. The molecule has 0 aromatic carbocycles. The van der Waals surface area contributed by atoms with Gasteiger partial charge in [0, 0.05) is 6.20 Å². The summed E-state index contributed by atoms with van der Waals surface area (Å²) in [5.74, 6) is 2.34. The van der Waals surface area contributed by atoms with Crippen LogP contribution in [0.3, 0.4) is 0 Å². The highest BCUT2D eigenvalue weighted by atomic mass is 14.6. The van der Waals surface area contributed by atoms with E-state index in [0.29, 0.717) is 5.92 Å². The molecule has 0 saturated carbocycles. The molecule has 0 aliphatic heterocycles. The van der Waals surface area contributed by atoms with E-state index >= 15 is 0 Å². The van der Waals surface area contributed by atoms with Crippen molar-refractivity contribution in [1.82, 2.24) is 0 Å². The monoisotopic (exact) mass is 265 g/mol. The van der Waals surface area contributed by atoms with Crippen LogP contribution in [0, 0.1) is 17.8 Å². The minimum Gasteiger partial charge on any atom is -0.273 e. The molecule has 0 aromatic heterocycles. The number of hydrogen-bond donors (Lipinski definition) is 0. The van der Waals surface area contributed by atoms with Crippen molar-refractivity contribution >= 4 is 6.72 Å². The zero-order valence-electron chi connectivity index (χ0n) is 13.9. The first kappa shape index (κ1) is 18.4. The Morgan fingerprint density at radius 3 is 2.11 bits per heavy atom. The van der Waals surface area contributed by atoms with Gasteiger partial charge in [-0.15, -0.1) is 0 Å². The average Bonchev–Trinajstić information content (AvgIpc) is 2.34. The molecule has 0 fully saturated rings. The van der Waals surface area contributed by atoms with Gasteiger partial charge in [-0.25, -0.2) is 0 Å². The van der Waals surface area contributed by atoms with Gasteiger partial charge in [0.1, 0.15) is 0 Å². The molecule has 1 unspecified atom stereocenters. The zero-order chi connectivity index (χ0) is 14.7. The molecule has 0 rings (SSSR count). The van der Waals surface area contributed by atoms with Crippen LogP contribution in [-0.4, -0.2) is 6.72 Å². The fraction of sp³-hybridized carbons (Fsp3) is 0.833. The van der Waals surface area contributed by atoms with Crippen LogP contribution in [0.4, 0.5) is 0 Å². The lowest BCUT2D eigenvalue weighted by atomic mass is 9.86. The Balaban J connectivity index is 4.26. The Labute approximate surface area is 121 Å². The summed E-state index contributed by atoms with van der Waals surface area (Å²) in [6.07, 6.45) is 11.1. The number of allylic oxidation sites excluding steroid dienone is 1. The summed E-state index contributed by atoms with van der Waals surface area (Å²) >= 11 is 0. The molecule has 1 atom stereocenters. The van der Waals surface area contributed by atoms with E-state index in [2.05, 4.69) is 46.3 Å². The van der Waals surface area contributed by atoms with Crippen molar-refractivity contribution in [3.8, 4) is 0 Å². The van der Waals surface area contributed by atoms with Gasteiger partial charge in [-0.1, -0.05) is 53.9 Å². The summed E-state index contributed by atoms with van der Waals surface area (Å²) in [6, 6.07) is 0. The van der Waals surface area contributed by atoms with Crippen molar-refractivity contribution in [1.29, 1.82) is 0 Å². The summed E-state index contributed by atoms with van der Waals surface area (Å²) in [5.41, 5.74) is 1.53. The maximum absolute atomic E-state index is 4.03. The minimum absolute atomic E-state index is 0.715. The van der Waals surface area contributed by atoms with Gasteiger partial charge in [-0.05, 0) is 55.7 Å². The van der Waals surface area contributed by atoms with E-state index in [1.54, 1.807) is 0 Å². The third-order valence-corrected chi connectivity index (χ3v) is 3.86. The van der Waals surface area contributed by atoms with E-state index in [1.807, 2.05) is 6.20 Å². The first-order chi connectivity index (χ1) is 9.01. The van der Waals surface area contributed by atoms with Gasteiger partial charge in [0.25, 0.3) is 0 Å². The van der Waals surface area contributed by atoms with Crippen molar-refractivity contribution in [3.63, 3.8) is 0 Å². The van der Waals surface area contributed by atoms with Crippen molar-refractivity contribution < 1.29 is 0 Å². The second-order valence-electron chi connectivity index (χ2n) is 6.60. The third kappa shape index (κ3) is 9.92. The first-order valence-corrected chi connectivity index (χ1v) is 8.15. The number of hydrogen-bond acceptors (Lipinski definition) is 1. The smallest absolute Gasteiger partial charge is 0.0255 e. The van der Waals surface area contributed by atoms with Gasteiger partial charge < -0.3 is 0 Å². The quantitative estimate of drug-likeness (QED) is 0.309. The molecule has 0 bridgehead atoms. The van der Waals surface area contributed by atoms with Crippen LogP contribution in [0.15, 0.2) is 16.8 Å². The van der Waals surface area contributed by atoms with E-state index in [0.717, 1.165) is 11.8 Å². The summed E-state index contributed by atoms with van der Waals surface area (Å²) < 4.78 is 0. The lowest BCUT2D eigenvalue weighted by molar-refractivity contribution is 0.441. The van der Waals surface area contributed by atoms with Gasteiger partial charge >= 0.3 is 0 Å². The molecule has 112 valence electrons. The first-order valence-electron chi connectivity index (χ1n) is 8.15. The number of rotatable bonds is 11. The highest BCUT2D eigenvalue weighted by molar-refractivity contribution is 5.27.